The van der Waals surface area contributed by atoms with E-state index in [-0.39, 0.29) is 18.0 Å². The van der Waals surface area contributed by atoms with Crippen molar-refractivity contribution in [2.45, 2.75) is 26.4 Å². The predicted molar refractivity (Wildman–Crippen MR) is 72.4 cm³/mol. The van der Waals surface area contributed by atoms with Crippen molar-refractivity contribution in [1.82, 2.24) is 0 Å². The molecular formula is C14H18F3NO3. The van der Waals surface area contributed by atoms with E-state index < -0.39 is 17.6 Å². The van der Waals surface area contributed by atoms with Gasteiger partial charge in [-0.2, -0.15) is 13.2 Å². The topological polar surface area (TPSA) is 47.6 Å². The maximum Gasteiger partial charge on any atom is 0.416 e. The maximum atomic E-state index is 12.7. The van der Waals surface area contributed by atoms with Crippen LogP contribution in [0.2, 0.25) is 0 Å². The van der Waals surface area contributed by atoms with E-state index in [9.17, 15) is 18.0 Å². The van der Waals surface area contributed by atoms with Gasteiger partial charge in [-0.15, -0.1) is 0 Å². The van der Waals surface area contributed by atoms with E-state index in [1.165, 1.54) is 6.07 Å². The first-order valence-electron chi connectivity index (χ1n) is 6.60. The highest BCUT2D eigenvalue weighted by molar-refractivity contribution is 5.93. The third kappa shape index (κ3) is 5.63. The smallest absolute Gasteiger partial charge is 0.416 e. The molecule has 21 heavy (non-hydrogen) atoms. The second kappa shape index (κ2) is 7.87. The molecule has 1 rings (SSSR count). The summed E-state index contributed by atoms with van der Waals surface area (Å²) >= 11 is 0. The van der Waals surface area contributed by atoms with Crippen molar-refractivity contribution in [1.29, 1.82) is 0 Å². The van der Waals surface area contributed by atoms with Gasteiger partial charge in [0.15, 0.2) is 0 Å². The second-order valence-electron chi connectivity index (χ2n) is 4.24. The summed E-state index contributed by atoms with van der Waals surface area (Å²) < 4.78 is 48.4. The number of benzene rings is 1. The Morgan fingerprint density at radius 2 is 2.00 bits per heavy atom. The van der Waals surface area contributed by atoms with Crippen molar-refractivity contribution in [3.05, 3.63) is 23.8 Å². The van der Waals surface area contributed by atoms with E-state index in [1.54, 1.807) is 6.92 Å². The van der Waals surface area contributed by atoms with Crippen LogP contribution in [0.5, 0.6) is 5.75 Å². The lowest BCUT2D eigenvalue weighted by Gasteiger charge is -2.15. The second-order valence-corrected chi connectivity index (χ2v) is 4.24. The Balaban J connectivity index is 2.96. The molecule has 118 valence electrons. The summed E-state index contributed by atoms with van der Waals surface area (Å²) in [6.07, 6.45) is -3.78. The van der Waals surface area contributed by atoms with E-state index in [4.69, 9.17) is 9.47 Å². The lowest BCUT2D eigenvalue weighted by Crippen LogP contribution is -2.19. The van der Waals surface area contributed by atoms with Gasteiger partial charge in [0, 0.05) is 6.61 Å². The average Bonchev–Trinajstić information content (AvgIpc) is 2.42. The Morgan fingerprint density at radius 1 is 1.29 bits per heavy atom. The highest BCUT2D eigenvalue weighted by Crippen LogP contribution is 2.35. The van der Waals surface area contributed by atoms with E-state index >= 15 is 0 Å². The Morgan fingerprint density at radius 3 is 2.57 bits per heavy atom. The zero-order valence-corrected chi connectivity index (χ0v) is 11.9. The van der Waals surface area contributed by atoms with Gasteiger partial charge in [-0.05, 0) is 31.5 Å². The maximum absolute atomic E-state index is 12.7. The molecule has 0 bridgehead atoms. The number of halogens is 3. The minimum absolute atomic E-state index is 0.0111. The van der Waals surface area contributed by atoms with E-state index in [2.05, 4.69) is 5.32 Å². The fraction of sp³-hybridized carbons (Fsp3) is 0.500. The van der Waals surface area contributed by atoms with Crippen LogP contribution in [-0.4, -0.2) is 25.7 Å². The molecule has 0 heterocycles. The van der Waals surface area contributed by atoms with Crippen LogP contribution in [0.1, 0.15) is 25.8 Å². The average molecular weight is 305 g/mol. The molecule has 0 aliphatic carbocycles. The Labute approximate surface area is 121 Å². The van der Waals surface area contributed by atoms with Crippen molar-refractivity contribution in [3.8, 4) is 5.75 Å². The number of nitrogens with one attached hydrogen (secondary N) is 1. The molecule has 0 saturated heterocycles. The van der Waals surface area contributed by atoms with Gasteiger partial charge in [0.1, 0.15) is 12.4 Å². The van der Waals surface area contributed by atoms with E-state index in [0.717, 1.165) is 12.1 Å². The van der Waals surface area contributed by atoms with Gasteiger partial charge < -0.3 is 14.8 Å². The summed E-state index contributed by atoms with van der Waals surface area (Å²) in [6, 6.07) is 2.98. The van der Waals surface area contributed by atoms with Crippen LogP contribution < -0.4 is 10.1 Å². The fourth-order valence-corrected chi connectivity index (χ4v) is 1.52. The highest BCUT2D eigenvalue weighted by atomic mass is 19.4. The quantitative estimate of drug-likeness (QED) is 0.839. The normalized spacial score (nSPS) is 11.3. The number of carbonyl (C=O) groups excluding carboxylic acids is 1. The number of alkyl halides is 3. The SMILES string of the molecule is CCCOc1ccc(C(F)(F)F)cc1NC(=O)COCC. The van der Waals surface area contributed by atoms with Crippen molar-refractivity contribution in [3.63, 3.8) is 0 Å². The van der Waals surface area contributed by atoms with Crippen LogP contribution >= 0.6 is 0 Å². The van der Waals surface area contributed by atoms with Crippen molar-refractivity contribution < 1.29 is 27.4 Å². The van der Waals surface area contributed by atoms with Gasteiger partial charge in [0.25, 0.3) is 0 Å². The molecule has 1 amide bonds. The van der Waals surface area contributed by atoms with Crippen LogP contribution in [0.25, 0.3) is 0 Å². The Hall–Kier alpha value is -1.76. The third-order valence-electron chi connectivity index (χ3n) is 2.48. The molecule has 0 fully saturated rings. The molecular weight excluding hydrogens is 287 g/mol. The molecule has 0 aliphatic rings. The van der Waals surface area contributed by atoms with Gasteiger partial charge >= 0.3 is 6.18 Å². The predicted octanol–water partition coefficient (Wildman–Crippen LogP) is 3.47. The summed E-state index contributed by atoms with van der Waals surface area (Å²) in [4.78, 5) is 11.6. The lowest BCUT2D eigenvalue weighted by molar-refractivity contribution is -0.137. The molecule has 0 spiro atoms. The van der Waals surface area contributed by atoms with Gasteiger partial charge in [-0.25, -0.2) is 0 Å². The molecule has 0 radical (unpaired) electrons. The summed E-state index contributed by atoms with van der Waals surface area (Å²) in [5.41, 5.74) is -0.860. The first-order chi connectivity index (χ1) is 9.88. The monoisotopic (exact) mass is 305 g/mol. The van der Waals surface area contributed by atoms with Crippen LogP contribution in [0.4, 0.5) is 18.9 Å². The van der Waals surface area contributed by atoms with Crippen LogP contribution in [0.3, 0.4) is 0 Å². The number of anilines is 1. The molecule has 0 saturated carbocycles. The number of hydrogen-bond acceptors (Lipinski definition) is 3. The standard InChI is InChI=1S/C14H18F3NO3/c1-3-7-21-12-6-5-10(14(15,16)17)8-11(12)18-13(19)9-20-4-2/h5-6,8H,3-4,7,9H2,1-2H3,(H,18,19). The zero-order valence-electron chi connectivity index (χ0n) is 11.9. The van der Waals surface area contributed by atoms with Gasteiger partial charge in [0.05, 0.1) is 17.9 Å². The molecule has 7 heteroatoms. The van der Waals surface area contributed by atoms with Crippen molar-refractivity contribution >= 4 is 11.6 Å². The van der Waals surface area contributed by atoms with Crippen LogP contribution in [0, 0.1) is 0 Å². The minimum atomic E-state index is -4.48. The van der Waals surface area contributed by atoms with E-state index in [0.29, 0.717) is 19.6 Å². The Bertz CT molecular complexity index is 475. The summed E-state index contributed by atoms with van der Waals surface area (Å²) in [5.74, 6) is -0.327. The number of amides is 1. The van der Waals surface area contributed by atoms with Crippen molar-refractivity contribution in [2.24, 2.45) is 0 Å². The summed E-state index contributed by atoms with van der Waals surface area (Å²) in [7, 11) is 0. The molecule has 0 unspecified atom stereocenters. The molecule has 0 aromatic heterocycles. The minimum Gasteiger partial charge on any atom is -0.491 e. The van der Waals surface area contributed by atoms with Crippen molar-refractivity contribution in [2.75, 3.05) is 25.1 Å². The zero-order chi connectivity index (χ0) is 15.9. The van der Waals surface area contributed by atoms with Gasteiger partial charge in [0.2, 0.25) is 5.91 Å². The molecule has 1 aromatic rings. The first-order valence-corrected chi connectivity index (χ1v) is 6.60. The van der Waals surface area contributed by atoms with Gasteiger partial charge in [-0.3, -0.25) is 4.79 Å². The van der Waals surface area contributed by atoms with Crippen LogP contribution in [0.15, 0.2) is 18.2 Å². The largest absolute Gasteiger partial charge is 0.491 e. The molecule has 1 aromatic carbocycles. The lowest BCUT2D eigenvalue weighted by atomic mass is 10.1. The highest BCUT2D eigenvalue weighted by Gasteiger charge is 2.31. The van der Waals surface area contributed by atoms with E-state index in [1.807, 2.05) is 6.92 Å². The third-order valence-corrected chi connectivity index (χ3v) is 2.48. The number of carbonyl (C=O) groups is 1. The number of rotatable bonds is 7. The molecule has 4 nitrogen and oxygen atoms in total. The molecule has 0 aliphatic heterocycles. The number of hydrogen-bond donors (Lipinski definition) is 1. The first kappa shape index (κ1) is 17.3. The molecule has 1 N–H and O–H groups in total. The fourth-order valence-electron chi connectivity index (χ4n) is 1.52. The van der Waals surface area contributed by atoms with Gasteiger partial charge in [-0.1, -0.05) is 6.92 Å². The number of ether oxygens (including phenoxy) is 2. The summed E-state index contributed by atoms with van der Waals surface area (Å²) in [6.45, 7) is 4.06. The Kier molecular flexibility index (Phi) is 6.48. The molecule has 0 atom stereocenters. The summed E-state index contributed by atoms with van der Waals surface area (Å²) in [5, 5.41) is 2.38. The van der Waals surface area contributed by atoms with Crippen LogP contribution in [-0.2, 0) is 15.7 Å².